The van der Waals surface area contributed by atoms with E-state index in [1.807, 2.05) is 0 Å². The number of aromatic nitrogens is 3. The first-order valence-electron chi connectivity index (χ1n) is 6.29. The number of halogens is 3. The van der Waals surface area contributed by atoms with Crippen LogP contribution < -0.4 is 4.74 Å². The first-order chi connectivity index (χ1) is 10.5. The molecule has 0 aliphatic carbocycles. The largest absolute Gasteiger partial charge is 0.497 e. The molecule has 0 unspecified atom stereocenters. The van der Waals surface area contributed by atoms with E-state index < -0.39 is 11.7 Å². The van der Waals surface area contributed by atoms with Gasteiger partial charge in [-0.05, 0) is 18.2 Å². The van der Waals surface area contributed by atoms with E-state index >= 15 is 0 Å². The third kappa shape index (κ3) is 1.83. The second-order valence-corrected chi connectivity index (χ2v) is 5.69. The number of hydrogen-bond donors (Lipinski definition) is 0. The highest BCUT2D eigenvalue weighted by Crippen LogP contribution is 2.35. The summed E-state index contributed by atoms with van der Waals surface area (Å²) in [6, 6.07) is 6.39. The van der Waals surface area contributed by atoms with Gasteiger partial charge in [-0.15, -0.1) is 0 Å². The minimum Gasteiger partial charge on any atom is -0.497 e. The Morgan fingerprint density at radius 1 is 1.18 bits per heavy atom. The molecule has 0 spiro atoms. The van der Waals surface area contributed by atoms with Crippen molar-refractivity contribution in [3.63, 3.8) is 0 Å². The average Bonchev–Trinajstić information content (AvgIpc) is 2.99. The number of nitrogens with zero attached hydrogens (tertiary/aromatic N) is 3. The van der Waals surface area contributed by atoms with Gasteiger partial charge in [-0.1, -0.05) is 11.3 Å². The van der Waals surface area contributed by atoms with Crippen molar-refractivity contribution in [3.8, 4) is 5.75 Å². The molecule has 4 nitrogen and oxygen atoms in total. The van der Waals surface area contributed by atoms with E-state index in [-0.39, 0.29) is 0 Å². The van der Waals surface area contributed by atoms with Gasteiger partial charge in [0.05, 0.1) is 29.2 Å². The standard InChI is InChI=1S/C14H8F3N3OS/c1-21-8-2-3-10-9(5-8)19-13-20(10)11-4-7(14(15,16)17)6-18-12(11)22-13/h2-6H,1H3. The van der Waals surface area contributed by atoms with E-state index in [4.69, 9.17) is 4.74 Å². The first kappa shape index (κ1) is 13.3. The van der Waals surface area contributed by atoms with Crippen LogP contribution in [0.15, 0.2) is 30.5 Å². The van der Waals surface area contributed by atoms with Crippen molar-refractivity contribution >= 4 is 37.7 Å². The van der Waals surface area contributed by atoms with Crippen molar-refractivity contribution in [1.29, 1.82) is 0 Å². The molecule has 0 amide bonds. The van der Waals surface area contributed by atoms with Crippen LogP contribution in [0.5, 0.6) is 5.75 Å². The van der Waals surface area contributed by atoms with Crippen LogP contribution in [0.3, 0.4) is 0 Å². The van der Waals surface area contributed by atoms with Crippen molar-refractivity contribution in [1.82, 2.24) is 14.4 Å². The second kappa shape index (κ2) is 4.33. The van der Waals surface area contributed by atoms with Crippen molar-refractivity contribution in [3.05, 3.63) is 36.0 Å². The molecular weight excluding hydrogens is 315 g/mol. The van der Waals surface area contributed by atoms with Crippen molar-refractivity contribution in [2.24, 2.45) is 0 Å². The van der Waals surface area contributed by atoms with Gasteiger partial charge in [0.2, 0.25) is 0 Å². The second-order valence-electron chi connectivity index (χ2n) is 4.73. The summed E-state index contributed by atoms with van der Waals surface area (Å²) < 4.78 is 45.5. The molecule has 112 valence electrons. The smallest absolute Gasteiger partial charge is 0.417 e. The number of thiazole rings is 1. The Hall–Kier alpha value is -2.35. The molecule has 22 heavy (non-hydrogen) atoms. The molecule has 8 heteroatoms. The molecule has 1 aromatic carbocycles. The number of hydrogen-bond acceptors (Lipinski definition) is 4. The highest BCUT2D eigenvalue weighted by Gasteiger charge is 2.31. The van der Waals surface area contributed by atoms with E-state index in [0.717, 1.165) is 17.8 Å². The minimum atomic E-state index is -4.42. The average molecular weight is 323 g/mol. The summed E-state index contributed by atoms with van der Waals surface area (Å²) in [5.74, 6) is 0.650. The predicted octanol–water partition coefficient (Wildman–Crippen LogP) is 4.12. The Morgan fingerprint density at radius 3 is 2.73 bits per heavy atom. The van der Waals surface area contributed by atoms with Gasteiger partial charge in [0.25, 0.3) is 0 Å². The fourth-order valence-corrected chi connectivity index (χ4v) is 3.35. The maximum absolute atomic E-state index is 12.9. The zero-order valence-electron chi connectivity index (χ0n) is 11.2. The van der Waals surface area contributed by atoms with Crippen LogP contribution >= 0.6 is 11.3 Å². The number of methoxy groups -OCH3 is 1. The van der Waals surface area contributed by atoms with Crippen molar-refractivity contribution in [2.45, 2.75) is 6.18 Å². The maximum Gasteiger partial charge on any atom is 0.417 e. The van der Waals surface area contributed by atoms with Gasteiger partial charge in [-0.3, -0.25) is 4.40 Å². The number of rotatable bonds is 1. The first-order valence-corrected chi connectivity index (χ1v) is 7.11. The molecule has 4 aromatic rings. The lowest BCUT2D eigenvalue weighted by Crippen LogP contribution is -2.05. The van der Waals surface area contributed by atoms with E-state index in [2.05, 4.69) is 9.97 Å². The quantitative estimate of drug-likeness (QED) is 0.529. The normalized spacial score (nSPS) is 12.5. The zero-order chi connectivity index (χ0) is 15.5. The lowest BCUT2D eigenvalue weighted by atomic mass is 10.2. The van der Waals surface area contributed by atoms with E-state index in [0.29, 0.717) is 26.6 Å². The molecule has 0 saturated carbocycles. The molecule has 3 aromatic heterocycles. The van der Waals surface area contributed by atoms with Gasteiger partial charge in [0, 0.05) is 12.3 Å². The Balaban J connectivity index is 2.08. The van der Waals surface area contributed by atoms with Gasteiger partial charge < -0.3 is 4.74 Å². The van der Waals surface area contributed by atoms with Gasteiger partial charge in [-0.25, -0.2) is 9.97 Å². The summed E-state index contributed by atoms with van der Waals surface area (Å²) in [5.41, 5.74) is 1.03. The number of imidazole rings is 1. The summed E-state index contributed by atoms with van der Waals surface area (Å²) >= 11 is 1.25. The third-order valence-electron chi connectivity index (χ3n) is 3.42. The van der Waals surface area contributed by atoms with Gasteiger partial charge in [0.15, 0.2) is 4.96 Å². The van der Waals surface area contributed by atoms with E-state index in [1.165, 1.54) is 11.3 Å². The van der Waals surface area contributed by atoms with Crippen LogP contribution in [0, 0.1) is 0 Å². The molecule has 0 saturated heterocycles. The summed E-state index contributed by atoms with van der Waals surface area (Å²) in [5, 5.41) is 0. The molecule has 0 fully saturated rings. The molecule has 3 heterocycles. The Morgan fingerprint density at radius 2 is 2.00 bits per heavy atom. The fourth-order valence-electron chi connectivity index (χ4n) is 2.39. The lowest BCUT2D eigenvalue weighted by molar-refractivity contribution is -0.137. The van der Waals surface area contributed by atoms with Crippen LogP contribution in [-0.2, 0) is 6.18 Å². The van der Waals surface area contributed by atoms with Gasteiger partial charge in [-0.2, -0.15) is 13.2 Å². The molecule has 0 aliphatic heterocycles. The number of pyridine rings is 1. The summed E-state index contributed by atoms with van der Waals surface area (Å²) in [7, 11) is 1.55. The molecule has 0 aliphatic rings. The Bertz CT molecular complexity index is 1020. The molecule has 4 rings (SSSR count). The van der Waals surface area contributed by atoms with Crippen LogP contribution in [0.25, 0.3) is 26.3 Å². The van der Waals surface area contributed by atoms with Gasteiger partial charge in [0.1, 0.15) is 10.6 Å². The summed E-state index contributed by atoms with van der Waals surface area (Å²) in [4.78, 5) is 9.47. The number of fused-ring (bicyclic) bond motifs is 5. The molecular formula is C14H8F3N3OS. The van der Waals surface area contributed by atoms with Crippen LogP contribution in [0.2, 0.25) is 0 Å². The Labute approximate surface area is 125 Å². The van der Waals surface area contributed by atoms with E-state index in [9.17, 15) is 13.2 Å². The molecule has 0 atom stereocenters. The predicted molar refractivity (Wildman–Crippen MR) is 77.4 cm³/mol. The van der Waals surface area contributed by atoms with Crippen molar-refractivity contribution < 1.29 is 17.9 Å². The minimum absolute atomic E-state index is 0.405. The SMILES string of the molecule is COc1ccc2c(c1)nc1sc3ncc(C(F)(F)F)cc3n12. The lowest BCUT2D eigenvalue weighted by Gasteiger charge is -2.05. The molecule has 0 bridgehead atoms. The van der Waals surface area contributed by atoms with Crippen LogP contribution in [-0.4, -0.2) is 21.5 Å². The molecule has 0 N–H and O–H groups in total. The zero-order valence-corrected chi connectivity index (χ0v) is 12.0. The van der Waals surface area contributed by atoms with Gasteiger partial charge >= 0.3 is 6.18 Å². The van der Waals surface area contributed by atoms with E-state index in [1.54, 1.807) is 29.7 Å². The molecule has 0 radical (unpaired) electrons. The van der Waals surface area contributed by atoms with Crippen LogP contribution in [0.4, 0.5) is 13.2 Å². The number of alkyl halides is 3. The Kier molecular flexibility index (Phi) is 2.62. The summed E-state index contributed by atoms with van der Waals surface area (Å²) in [6.45, 7) is 0. The highest BCUT2D eigenvalue weighted by atomic mass is 32.1. The number of ether oxygens (including phenoxy) is 1. The topological polar surface area (TPSA) is 39.4 Å². The number of benzene rings is 1. The maximum atomic E-state index is 12.9. The van der Waals surface area contributed by atoms with Crippen LogP contribution in [0.1, 0.15) is 5.56 Å². The summed E-state index contributed by atoms with van der Waals surface area (Å²) in [6.07, 6.45) is -3.57. The van der Waals surface area contributed by atoms with Crippen molar-refractivity contribution in [2.75, 3.05) is 7.11 Å². The fraction of sp³-hybridized carbons (Fsp3) is 0.143. The highest BCUT2D eigenvalue weighted by molar-refractivity contribution is 7.23. The third-order valence-corrected chi connectivity index (χ3v) is 4.38. The monoisotopic (exact) mass is 323 g/mol.